The summed E-state index contributed by atoms with van der Waals surface area (Å²) >= 11 is 0. The third-order valence-electron chi connectivity index (χ3n) is 1.92. The number of nitrogen functional groups attached to an aromatic ring is 1. The van der Waals surface area contributed by atoms with E-state index in [1.807, 2.05) is 0 Å². The number of esters is 1. The number of carbonyl (C=O) groups is 1. The molecule has 0 aliphatic carbocycles. The van der Waals surface area contributed by atoms with Gasteiger partial charge in [0, 0.05) is 0 Å². The van der Waals surface area contributed by atoms with E-state index < -0.39 is 41.6 Å². The van der Waals surface area contributed by atoms with Gasteiger partial charge in [-0.05, 0) is 0 Å². The quantitative estimate of drug-likeness (QED) is 0.804. The van der Waals surface area contributed by atoms with Crippen LogP contribution in [0.4, 0.5) is 18.9 Å². The maximum absolute atomic E-state index is 13.5. The van der Waals surface area contributed by atoms with Gasteiger partial charge in [-0.15, -0.1) is 0 Å². The molecule has 0 saturated carbocycles. The van der Waals surface area contributed by atoms with E-state index in [0.717, 1.165) is 13.3 Å². The summed E-state index contributed by atoms with van der Waals surface area (Å²) in [6.07, 6.45) is -2.68. The molecular formula is C9H9F3N2O2. The molecule has 0 atom stereocenters. The van der Waals surface area contributed by atoms with E-state index in [9.17, 15) is 18.0 Å². The molecule has 1 heterocycles. The van der Waals surface area contributed by atoms with Gasteiger partial charge in [-0.1, -0.05) is 0 Å². The van der Waals surface area contributed by atoms with Crippen LogP contribution in [-0.2, 0) is 16.0 Å². The molecule has 0 aliphatic rings. The van der Waals surface area contributed by atoms with Gasteiger partial charge >= 0.3 is 5.97 Å². The Morgan fingerprint density at radius 3 is 2.75 bits per heavy atom. The third kappa shape index (κ3) is 2.41. The van der Waals surface area contributed by atoms with Gasteiger partial charge in [0.2, 0.25) is 0 Å². The zero-order valence-electron chi connectivity index (χ0n) is 8.34. The number of ether oxygens (including phenoxy) is 1. The summed E-state index contributed by atoms with van der Waals surface area (Å²) in [7, 11) is 1.10. The summed E-state index contributed by atoms with van der Waals surface area (Å²) in [4.78, 5) is 14.3. The first-order chi connectivity index (χ1) is 7.47. The third-order valence-corrected chi connectivity index (χ3v) is 1.92. The summed E-state index contributed by atoms with van der Waals surface area (Å²) in [5, 5.41) is 0. The number of nitrogens with zero attached hydrogens (tertiary/aromatic N) is 1. The average molecular weight is 234 g/mol. The molecule has 1 rings (SSSR count). The lowest BCUT2D eigenvalue weighted by Gasteiger charge is -2.08. The first-order valence-corrected chi connectivity index (χ1v) is 4.25. The second-order valence-corrected chi connectivity index (χ2v) is 2.94. The van der Waals surface area contributed by atoms with Crippen molar-refractivity contribution in [1.29, 1.82) is 0 Å². The average Bonchev–Trinajstić information content (AvgIpc) is 2.21. The molecule has 0 spiro atoms. The molecule has 2 N–H and O–H groups in total. The number of methoxy groups -OCH3 is 1. The molecule has 0 saturated heterocycles. The van der Waals surface area contributed by atoms with Crippen LogP contribution in [0.1, 0.15) is 17.7 Å². The Hall–Kier alpha value is -1.79. The van der Waals surface area contributed by atoms with Crippen molar-refractivity contribution in [2.45, 2.75) is 12.8 Å². The summed E-state index contributed by atoms with van der Waals surface area (Å²) < 4.78 is 42.6. The minimum Gasteiger partial charge on any atom is -0.469 e. The van der Waals surface area contributed by atoms with Crippen molar-refractivity contribution in [1.82, 2.24) is 4.98 Å². The second kappa shape index (κ2) is 4.82. The van der Waals surface area contributed by atoms with E-state index in [4.69, 9.17) is 5.73 Å². The van der Waals surface area contributed by atoms with Crippen LogP contribution in [0.5, 0.6) is 0 Å². The van der Waals surface area contributed by atoms with Gasteiger partial charge in [0.15, 0.2) is 5.82 Å². The standard InChI is InChI=1S/C9H9F3N2O2/c1-16-6(15)2-5-8(10)7(9(11)12)4(13)3-14-5/h3,9H,2,13H2,1H3. The van der Waals surface area contributed by atoms with Crippen LogP contribution in [0.25, 0.3) is 0 Å². The van der Waals surface area contributed by atoms with Crippen molar-refractivity contribution < 1.29 is 22.7 Å². The molecule has 7 heteroatoms. The first-order valence-electron chi connectivity index (χ1n) is 4.25. The molecule has 0 aromatic carbocycles. The minimum atomic E-state index is -3.06. The number of rotatable bonds is 3. The molecule has 1 aromatic rings. The van der Waals surface area contributed by atoms with Gasteiger partial charge in [0.05, 0.1) is 36.7 Å². The lowest BCUT2D eigenvalue weighted by atomic mass is 10.1. The van der Waals surface area contributed by atoms with E-state index in [1.165, 1.54) is 0 Å². The SMILES string of the molecule is COC(=O)Cc1ncc(N)c(C(F)F)c1F. The Morgan fingerprint density at radius 2 is 2.25 bits per heavy atom. The highest BCUT2D eigenvalue weighted by Crippen LogP contribution is 2.28. The van der Waals surface area contributed by atoms with Crippen LogP contribution >= 0.6 is 0 Å². The number of aromatic nitrogens is 1. The van der Waals surface area contributed by atoms with Crippen LogP contribution in [0.3, 0.4) is 0 Å². The molecule has 4 nitrogen and oxygen atoms in total. The number of anilines is 1. The number of hydrogen-bond donors (Lipinski definition) is 1. The molecule has 16 heavy (non-hydrogen) atoms. The molecule has 88 valence electrons. The summed E-state index contributed by atoms with van der Waals surface area (Å²) in [5.74, 6) is -2.03. The minimum absolute atomic E-state index is 0.406. The highest BCUT2D eigenvalue weighted by Gasteiger charge is 2.22. The zero-order chi connectivity index (χ0) is 12.3. The smallest absolute Gasteiger partial charge is 0.311 e. The monoisotopic (exact) mass is 234 g/mol. The summed E-state index contributed by atoms with van der Waals surface area (Å²) in [6.45, 7) is 0. The van der Waals surface area contributed by atoms with Crippen LogP contribution in [-0.4, -0.2) is 18.1 Å². The Labute approximate surface area is 89.2 Å². The van der Waals surface area contributed by atoms with E-state index in [0.29, 0.717) is 0 Å². The number of nitrogens with two attached hydrogens (primary N) is 1. The lowest BCUT2D eigenvalue weighted by molar-refractivity contribution is -0.139. The van der Waals surface area contributed by atoms with Gasteiger partial charge in [-0.2, -0.15) is 0 Å². The van der Waals surface area contributed by atoms with Crippen molar-refractivity contribution in [2.75, 3.05) is 12.8 Å². The van der Waals surface area contributed by atoms with E-state index in [2.05, 4.69) is 9.72 Å². The van der Waals surface area contributed by atoms with Gasteiger partial charge < -0.3 is 10.5 Å². The second-order valence-electron chi connectivity index (χ2n) is 2.94. The lowest BCUT2D eigenvalue weighted by Crippen LogP contribution is -2.11. The van der Waals surface area contributed by atoms with Crippen molar-refractivity contribution in [3.8, 4) is 0 Å². The normalized spacial score (nSPS) is 10.6. The number of pyridine rings is 1. The Morgan fingerprint density at radius 1 is 1.62 bits per heavy atom. The van der Waals surface area contributed by atoms with E-state index in [1.54, 1.807) is 0 Å². The van der Waals surface area contributed by atoms with Gasteiger partial charge in [0.1, 0.15) is 0 Å². The Balaban J connectivity index is 3.13. The molecule has 0 fully saturated rings. The topological polar surface area (TPSA) is 65.2 Å². The summed E-state index contributed by atoms with van der Waals surface area (Å²) in [5.41, 5.74) is 3.37. The zero-order valence-corrected chi connectivity index (χ0v) is 8.34. The van der Waals surface area contributed by atoms with Crippen LogP contribution in [0, 0.1) is 5.82 Å². The van der Waals surface area contributed by atoms with Crippen molar-refractivity contribution in [3.05, 3.63) is 23.3 Å². The van der Waals surface area contributed by atoms with E-state index >= 15 is 0 Å². The maximum atomic E-state index is 13.5. The number of hydrogen-bond acceptors (Lipinski definition) is 4. The Kier molecular flexibility index (Phi) is 3.70. The highest BCUT2D eigenvalue weighted by atomic mass is 19.3. The fourth-order valence-corrected chi connectivity index (χ4v) is 1.11. The molecular weight excluding hydrogens is 225 g/mol. The van der Waals surface area contributed by atoms with Gasteiger partial charge in [-0.25, -0.2) is 13.2 Å². The number of carbonyl (C=O) groups excluding carboxylic acids is 1. The van der Waals surface area contributed by atoms with Gasteiger partial charge in [-0.3, -0.25) is 9.78 Å². The van der Waals surface area contributed by atoms with Crippen molar-refractivity contribution in [3.63, 3.8) is 0 Å². The fourth-order valence-electron chi connectivity index (χ4n) is 1.11. The molecule has 0 unspecified atom stereocenters. The van der Waals surface area contributed by atoms with Crippen LogP contribution < -0.4 is 5.73 Å². The van der Waals surface area contributed by atoms with Crippen molar-refractivity contribution in [2.24, 2.45) is 0 Å². The molecule has 1 aromatic heterocycles. The number of alkyl halides is 2. The van der Waals surface area contributed by atoms with Crippen LogP contribution in [0.15, 0.2) is 6.20 Å². The first kappa shape index (κ1) is 12.3. The van der Waals surface area contributed by atoms with Gasteiger partial charge in [0.25, 0.3) is 6.43 Å². The van der Waals surface area contributed by atoms with Crippen molar-refractivity contribution >= 4 is 11.7 Å². The molecule has 0 radical (unpaired) electrons. The number of halogens is 3. The van der Waals surface area contributed by atoms with Crippen LogP contribution in [0.2, 0.25) is 0 Å². The fraction of sp³-hybridized carbons (Fsp3) is 0.333. The largest absolute Gasteiger partial charge is 0.469 e. The molecule has 0 bridgehead atoms. The summed E-state index contributed by atoms with van der Waals surface area (Å²) in [6, 6.07) is 0. The molecule has 0 aliphatic heterocycles. The predicted molar refractivity (Wildman–Crippen MR) is 49.3 cm³/mol. The maximum Gasteiger partial charge on any atom is 0.311 e. The Bertz CT molecular complexity index is 410. The molecule has 0 amide bonds. The van der Waals surface area contributed by atoms with E-state index in [-0.39, 0.29) is 0 Å². The highest BCUT2D eigenvalue weighted by molar-refractivity contribution is 5.72. The predicted octanol–water partition coefficient (Wildman–Crippen LogP) is 1.46.